The molecule has 2 fully saturated rings. The van der Waals surface area contributed by atoms with E-state index in [4.69, 9.17) is 23.7 Å². The Labute approximate surface area is 160 Å². The number of nitrogens with one attached hydrogen (secondary N) is 1. The van der Waals surface area contributed by atoms with Crippen molar-refractivity contribution in [2.24, 2.45) is 11.3 Å². The number of anilines is 1. The van der Waals surface area contributed by atoms with Gasteiger partial charge in [0.05, 0.1) is 19.8 Å². The summed E-state index contributed by atoms with van der Waals surface area (Å²) >= 11 is 0. The molecule has 150 valence electrons. The van der Waals surface area contributed by atoms with Gasteiger partial charge in [0.1, 0.15) is 6.10 Å². The van der Waals surface area contributed by atoms with Gasteiger partial charge in [-0.15, -0.1) is 0 Å². The molecule has 0 aliphatic carbocycles. The van der Waals surface area contributed by atoms with E-state index in [1.165, 1.54) is 0 Å². The number of benzene rings is 1. The molecule has 7 heteroatoms. The fraction of sp³-hybridized carbons (Fsp3) is 0.650. The number of ether oxygens (including phenoxy) is 5. The van der Waals surface area contributed by atoms with Gasteiger partial charge in [0.15, 0.2) is 6.10 Å². The van der Waals surface area contributed by atoms with Crippen LogP contribution in [-0.4, -0.2) is 50.7 Å². The predicted octanol–water partition coefficient (Wildman–Crippen LogP) is 3.40. The van der Waals surface area contributed by atoms with Crippen LogP contribution in [0.4, 0.5) is 10.5 Å². The third-order valence-corrected chi connectivity index (χ3v) is 4.48. The zero-order chi connectivity index (χ0) is 19.5. The van der Waals surface area contributed by atoms with Crippen molar-refractivity contribution in [1.82, 2.24) is 0 Å². The van der Waals surface area contributed by atoms with Crippen molar-refractivity contribution in [2.45, 2.75) is 45.9 Å². The van der Waals surface area contributed by atoms with E-state index in [0.717, 1.165) is 0 Å². The highest BCUT2D eigenvalue weighted by molar-refractivity contribution is 5.84. The smallest absolute Gasteiger partial charge is 0.412 e. The quantitative estimate of drug-likeness (QED) is 0.816. The molecule has 1 aromatic rings. The first-order chi connectivity index (χ1) is 12.8. The largest absolute Gasteiger partial charge is 0.437 e. The van der Waals surface area contributed by atoms with Crippen LogP contribution in [-0.2, 0) is 23.7 Å². The standard InChI is InChI=1S/C20H29NO6/c1-14(2)10-23-11-16-12-24-20(27-16)17(19(3,4)13-25-20)26-18(22)21-15-8-6-5-7-9-15/h5-9,14,16-17H,10-13H2,1-4H3,(H,21,22)/t16-,17+,20+/m0/s1. The van der Waals surface area contributed by atoms with Crippen LogP contribution in [0.15, 0.2) is 30.3 Å². The molecular weight excluding hydrogens is 350 g/mol. The Hall–Kier alpha value is -1.67. The number of para-hydroxylation sites is 1. The van der Waals surface area contributed by atoms with E-state index in [0.29, 0.717) is 38.0 Å². The Balaban J connectivity index is 1.62. The number of carbonyl (C=O) groups excluding carboxylic acids is 1. The fourth-order valence-electron chi connectivity index (χ4n) is 3.16. The van der Waals surface area contributed by atoms with Gasteiger partial charge in [-0.05, 0) is 18.1 Å². The van der Waals surface area contributed by atoms with Crippen molar-refractivity contribution in [3.8, 4) is 0 Å². The Morgan fingerprint density at radius 1 is 1.26 bits per heavy atom. The highest BCUT2D eigenvalue weighted by Crippen LogP contribution is 2.46. The molecule has 0 bridgehead atoms. The zero-order valence-corrected chi connectivity index (χ0v) is 16.4. The molecule has 2 aliphatic heterocycles. The topological polar surface area (TPSA) is 75.2 Å². The lowest BCUT2D eigenvalue weighted by molar-refractivity contribution is -0.345. The molecule has 1 amide bonds. The highest BCUT2D eigenvalue weighted by atomic mass is 16.9. The van der Waals surface area contributed by atoms with Gasteiger partial charge in [-0.3, -0.25) is 5.32 Å². The summed E-state index contributed by atoms with van der Waals surface area (Å²) < 4.78 is 29.0. The summed E-state index contributed by atoms with van der Waals surface area (Å²) in [5, 5.41) is 2.72. The van der Waals surface area contributed by atoms with Gasteiger partial charge < -0.3 is 23.7 Å². The minimum Gasteiger partial charge on any atom is -0.437 e. The molecule has 2 saturated heterocycles. The second-order valence-corrected chi connectivity index (χ2v) is 8.14. The maximum absolute atomic E-state index is 12.4. The maximum atomic E-state index is 12.4. The first-order valence-electron chi connectivity index (χ1n) is 9.37. The van der Waals surface area contributed by atoms with Crippen molar-refractivity contribution >= 4 is 11.8 Å². The van der Waals surface area contributed by atoms with E-state index in [1.54, 1.807) is 12.1 Å². The minimum atomic E-state index is -1.39. The van der Waals surface area contributed by atoms with Crippen molar-refractivity contribution in [3.63, 3.8) is 0 Å². The lowest BCUT2D eigenvalue weighted by atomic mass is 9.88. The van der Waals surface area contributed by atoms with Gasteiger partial charge in [-0.25, -0.2) is 4.79 Å². The normalized spacial score (nSPS) is 29.4. The van der Waals surface area contributed by atoms with Crippen molar-refractivity contribution in [2.75, 3.05) is 31.7 Å². The van der Waals surface area contributed by atoms with Gasteiger partial charge in [0, 0.05) is 17.7 Å². The second kappa shape index (κ2) is 8.14. The molecule has 0 saturated carbocycles. The summed E-state index contributed by atoms with van der Waals surface area (Å²) in [5.74, 6) is -0.940. The number of amides is 1. The lowest BCUT2D eigenvalue weighted by Gasteiger charge is -2.32. The molecule has 7 nitrogen and oxygen atoms in total. The summed E-state index contributed by atoms with van der Waals surface area (Å²) in [5.41, 5.74) is 0.198. The molecule has 2 heterocycles. The summed E-state index contributed by atoms with van der Waals surface area (Å²) in [6, 6.07) is 9.13. The summed E-state index contributed by atoms with van der Waals surface area (Å²) in [7, 11) is 0. The Morgan fingerprint density at radius 2 is 2.00 bits per heavy atom. The van der Waals surface area contributed by atoms with Gasteiger partial charge in [0.25, 0.3) is 0 Å². The van der Waals surface area contributed by atoms with E-state index >= 15 is 0 Å². The number of rotatable bonds is 6. The third kappa shape index (κ3) is 4.79. The minimum absolute atomic E-state index is 0.263. The van der Waals surface area contributed by atoms with Crippen molar-refractivity contribution in [1.29, 1.82) is 0 Å². The molecule has 0 radical (unpaired) electrons. The van der Waals surface area contributed by atoms with Gasteiger partial charge in [-0.1, -0.05) is 45.9 Å². The van der Waals surface area contributed by atoms with E-state index in [-0.39, 0.29) is 6.10 Å². The van der Waals surface area contributed by atoms with Gasteiger partial charge in [0.2, 0.25) is 0 Å². The summed E-state index contributed by atoms with van der Waals surface area (Å²) in [6.07, 6.45) is -1.54. The van der Waals surface area contributed by atoms with Crippen LogP contribution < -0.4 is 5.32 Å². The Kier molecular flexibility index (Phi) is 6.05. The molecule has 1 N–H and O–H groups in total. The van der Waals surface area contributed by atoms with Crippen LogP contribution in [0.1, 0.15) is 27.7 Å². The van der Waals surface area contributed by atoms with Gasteiger partial charge >= 0.3 is 12.1 Å². The molecule has 3 atom stereocenters. The van der Waals surface area contributed by atoms with E-state index in [2.05, 4.69) is 19.2 Å². The Morgan fingerprint density at radius 3 is 2.70 bits per heavy atom. The summed E-state index contributed by atoms with van der Waals surface area (Å²) in [4.78, 5) is 12.4. The number of carbonyl (C=O) groups is 1. The fourth-order valence-corrected chi connectivity index (χ4v) is 3.16. The SMILES string of the molecule is CC(C)COC[C@H]1CO[C@]2(OCC(C)(C)[C@H]2OC(=O)Nc2ccccc2)O1. The molecule has 27 heavy (non-hydrogen) atoms. The van der Waals surface area contributed by atoms with Gasteiger partial charge in [-0.2, -0.15) is 0 Å². The lowest BCUT2D eigenvalue weighted by Crippen LogP contribution is -2.49. The first-order valence-corrected chi connectivity index (χ1v) is 9.37. The van der Waals surface area contributed by atoms with Crippen LogP contribution in [0.3, 0.4) is 0 Å². The van der Waals surface area contributed by atoms with Crippen LogP contribution in [0.25, 0.3) is 0 Å². The zero-order valence-electron chi connectivity index (χ0n) is 16.4. The predicted molar refractivity (Wildman–Crippen MR) is 99.3 cm³/mol. The van der Waals surface area contributed by atoms with Crippen molar-refractivity contribution in [3.05, 3.63) is 30.3 Å². The maximum Gasteiger partial charge on any atom is 0.412 e. The average molecular weight is 379 g/mol. The van der Waals surface area contributed by atoms with E-state index in [9.17, 15) is 4.79 Å². The Bertz CT molecular complexity index is 635. The van der Waals surface area contributed by atoms with Crippen LogP contribution in [0.2, 0.25) is 0 Å². The van der Waals surface area contributed by atoms with Crippen molar-refractivity contribution < 1.29 is 28.5 Å². The average Bonchev–Trinajstić information content (AvgIpc) is 3.12. The van der Waals surface area contributed by atoms with E-state index < -0.39 is 23.6 Å². The number of hydrogen-bond donors (Lipinski definition) is 1. The van der Waals surface area contributed by atoms with Crippen LogP contribution in [0, 0.1) is 11.3 Å². The molecule has 0 unspecified atom stereocenters. The molecule has 1 aromatic carbocycles. The molecule has 3 rings (SSSR count). The molecule has 1 spiro atoms. The van der Waals surface area contributed by atoms with E-state index in [1.807, 2.05) is 32.0 Å². The number of hydrogen-bond acceptors (Lipinski definition) is 6. The second-order valence-electron chi connectivity index (χ2n) is 8.14. The molecule has 2 aliphatic rings. The third-order valence-electron chi connectivity index (χ3n) is 4.48. The highest BCUT2D eigenvalue weighted by Gasteiger charge is 2.63. The monoisotopic (exact) mass is 379 g/mol. The first kappa shape index (κ1) is 20.1. The van der Waals surface area contributed by atoms with Crippen LogP contribution >= 0.6 is 0 Å². The molecule has 0 aromatic heterocycles. The molecular formula is C20H29NO6. The van der Waals surface area contributed by atoms with Crippen LogP contribution in [0.5, 0.6) is 0 Å². The summed E-state index contributed by atoms with van der Waals surface area (Å²) in [6.45, 7) is 9.83.